The van der Waals surface area contributed by atoms with E-state index in [1.807, 2.05) is 30.3 Å². The molecule has 0 amide bonds. The standard InChI is InChI=1S/C16H20N2O5S.ClH/c1-10-14(16(19)22-3)15(11(2)23-10)24(20,21)18-9-13(17)12-7-5-4-6-8-12;/h4-8,13,18H,9,17H2,1-3H3;1H. The average molecular weight is 389 g/mol. The molecule has 0 aliphatic carbocycles. The van der Waals surface area contributed by atoms with Crippen molar-refractivity contribution >= 4 is 28.4 Å². The van der Waals surface area contributed by atoms with E-state index in [0.29, 0.717) is 0 Å². The average Bonchev–Trinajstić information content (AvgIpc) is 2.87. The van der Waals surface area contributed by atoms with Gasteiger partial charge in [-0.05, 0) is 19.4 Å². The lowest BCUT2D eigenvalue weighted by Crippen LogP contribution is -2.33. The van der Waals surface area contributed by atoms with Gasteiger partial charge in [-0.15, -0.1) is 12.4 Å². The molecule has 0 spiro atoms. The summed E-state index contributed by atoms with van der Waals surface area (Å²) in [6.45, 7) is 2.97. The molecule has 1 unspecified atom stereocenters. The number of methoxy groups -OCH3 is 1. The van der Waals surface area contributed by atoms with Gasteiger partial charge in [0.25, 0.3) is 0 Å². The molecule has 7 nitrogen and oxygen atoms in total. The van der Waals surface area contributed by atoms with Gasteiger partial charge in [-0.2, -0.15) is 0 Å². The van der Waals surface area contributed by atoms with Crippen molar-refractivity contribution < 1.29 is 22.4 Å². The van der Waals surface area contributed by atoms with Gasteiger partial charge in [0.2, 0.25) is 10.0 Å². The van der Waals surface area contributed by atoms with Crippen molar-refractivity contribution in [3.63, 3.8) is 0 Å². The molecular formula is C16H21ClN2O5S. The zero-order chi connectivity index (χ0) is 17.9. The smallest absolute Gasteiger partial charge is 0.342 e. The van der Waals surface area contributed by atoms with Gasteiger partial charge < -0.3 is 14.9 Å². The summed E-state index contributed by atoms with van der Waals surface area (Å²) in [7, 11) is -2.80. The Bertz CT molecular complexity index is 834. The summed E-state index contributed by atoms with van der Waals surface area (Å²) in [6, 6.07) is 8.60. The van der Waals surface area contributed by atoms with Crippen LogP contribution in [0.15, 0.2) is 39.6 Å². The molecule has 1 aromatic carbocycles. The van der Waals surface area contributed by atoms with Crippen molar-refractivity contribution in [2.45, 2.75) is 24.8 Å². The van der Waals surface area contributed by atoms with Crippen LogP contribution in [0.25, 0.3) is 0 Å². The SMILES string of the molecule is COC(=O)c1c(C)oc(C)c1S(=O)(=O)NCC(N)c1ccccc1.Cl. The molecule has 0 bridgehead atoms. The van der Waals surface area contributed by atoms with Crippen LogP contribution in [-0.4, -0.2) is 28.0 Å². The molecule has 9 heteroatoms. The number of ether oxygens (including phenoxy) is 1. The number of halogens is 1. The number of furan rings is 1. The molecular weight excluding hydrogens is 368 g/mol. The Morgan fingerprint density at radius 1 is 1.24 bits per heavy atom. The maximum Gasteiger partial charge on any atom is 0.342 e. The van der Waals surface area contributed by atoms with Crippen molar-refractivity contribution in [2.24, 2.45) is 5.73 Å². The highest BCUT2D eigenvalue weighted by Crippen LogP contribution is 2.27. The van der Waals surface area contributed by atoms with Crippen LogP contribution in [0, 0.1) is 13.8 Å². The number of esters is 1. The summed E-state index contributed by atoms with van der Waals surface area (Å²) in [6.07, 6.45) is 0. The quantitative estimate of drug-likeness (QED) is 0.733. The Morgan fingerprint density at radius 2 is 1.84 bits per heavy atom. The number of benzene rings is 1. The number of hydrogen-bond donors (Lipinski definition) is 2. The first-order chi connectivity index (χ1) is 11.3. The minimum atomic E-state index is -3.98. The largest absolute Gasteiger partial charge is 0.465 e. The monoisotopic (exact) mass is 388 g/mol. The van der Waals surface area contributed by atoms with Gasteiger partial charge in [-0.25, -0.2) is 17.9 Å². The molecule has 0 aliphatic heterocycles. The number of hydrogen-bond acceptors (Lipinski definition) is 6. The highest BCUT2D eigenvalue weighted by Gasteiger charge is 2.31. The van der Waals surface area contributed by atoms with Crippen molar-refractivity contribution in [2.75, 3.05) is 13.7 Å². The number of carbonyl (C=O) groups excluding carboxylic acids is 1. The van der Waals surface area contributed by atoms with E-state index in [1.165, 1.54) is 21.0 Å². The second-order valence-corrected chi connectivity index (χ2v) is 6.98. The number of aryl methyl sites for hydroxylation is 2. The van der Waals surface area contributed by atoms with Crippen LogP contribution < -0.4 is 10.5 Å². The van der Waals surface area contributed by atoms with Gasteiger partial charge in [0.15, 0.2) is 0 Å². The van der Waals surface area contributed by atoms with Crippen molar-refractivity contribution in [1.82, 2.24) is 4.72 Å². The number of nitrogens with two attached hydrogens (primary N) is 1. The molecule has 1 atom stereocenters. The molecule has 138 valence electrons. The number of sulfonamides is 1. The fourth-order valence-electron chi connectivity index (χ4n) is 2.41. The number of rotatable bonds is 6. The van der Waals surface area contributed by atoms with Crippen LogP contribution in [0.3, 0.4) is 0 Å². The normalized spacial score (nSPS) is 12.3. The summed E-state index contributed by atoms with van der Waals surface area (Å²) in [5.41, 5.74) is 6.70. The van der Waals surface area contributed by atoms with Crippen LogP contribution >= 0.6 is 12.4 Å². The molecule has 2 aromatic rings. The van der Waals surface area contributed by atoms with E-state index in [0.717, 1.165) is 5.56 Å². The maximum absolute atomic E-state index is 12.6. The van der Waals surface area contributed by atoms with Crippen molar-refractivity contribution in [3.05, 3.63) is 53.0 Å². The zero-order valence-electron chi connectivity index (χ0n) is 14.1. The lowest BCUT2D eigenvalue weighted by molar-refractivity contribution is 0.0595. The van der Waals surface area contributed by atoms with Crippen molar-refractivity contribution in [1.29, 1.82) is 0 Å². The van der Waals surface area contributed by atoms with Crippen LogP contribution in [0.2, 0.25) is 0 Å². The predicted molar refractivity (Wildman–Crippen MR) is 95.3 cm³/mol. The van der Waals surface area contributed by atoms with Crippen LogP contribution in [0.1, 0.15) is 33.5 Å². The number of nitrogens with one attached hydrogen (secondary N) is 1. The van der Waals surface area contributed by atoms with Gasteiger partial charge >= 0.3 is 5.97 Å². The first-order valence-corrected chi connectivity index (χ1v) is 8.74. The van der Waals surface area contributed by atoms with Gasteiger partial charge in [-0.1, -0.05) is 30.3 Å². The zero-order valence-corrected chi connectivity index (χ0v) is 15.7. The van der Waals surface area contributed by atoms with Gasteiger partial charge in [0.1, 0.15) is 22.0 Å². The van der Waals surface area contributed by atoms with E-state index in [9.17, 15) is 13.2 Å². The fourth-order valence-corrected chi connectivity index (χ4v) is 3.87. The van der Waals surface area contributed by atoms with Crippen LogP contribution in [-0.2, 0) is 14.8 Å². The molecule has 3 N–H and O–H groups in total. The topological polar surface area (TPSA) is 112 Å². The van der Waals surface area contributed by atoms with E-state index in [-0.39, 0.29) is 40.9 Å². The first kappa shape index (κ1) is 21.2. The molecule has 0 radical (unpaired) electrons. The Labute approximate surface area is 153 Å². The Balaban J connectivity index is 0.00000312. The molecule has 0 saturated heterocycles. The number of carbonyl (C=O) groups is 1. The van der Waals surface area contributed by atoms with Crippen LogP contribution in [0.4, 0.5) is 0 Å². The van der Waals surface area contributed by atoms with E-state index < -0.39 is 22.0 Å². The second-order valence-electron chi connectivity index (χ2n) is 5.28. The summed E-state index contributed by atoms with van der Waals surface area (Å²) in [4.78, 5) is 11.7. The van der Waals surface area contributed by atoms with E-state index in [1.54, 1.807) is 0 Å². The van der Waals surface area contributed by atoms with E-state index in [4.69, 9.17) is 10.2 Å². The summed E-state index contributed by atoms with van der Waals surface area (Å²) in [5.74, 6) is -0.460. The Hall–Kier alpha value is -1.87. The molecule has 1 heterocycles. The summed E-state index contributed by atoms with van der Waals surface area (Å²) in [5, 5.41) is 0. The van der Waals surface area contributed by atoms with Gasteiger partial charge in [0.05, 0.1) is 7.11 Å². The Kier molecular flexibility index (Phi) is 7.18. The van der Waals surface area contributed by atoms with Crippen LogP contribution in [0.5, 0.6) is 0 Å². The second kappa shape index (κ2) is 8.48. The minimum absolute atomic E-state index is 0. The maximum atomic E-state index is 12.6. The van der Waals surface area contributed by atoms with E-state index >= 15 is 0 Å². The molecule has 2 rings (SSSR count). The third-order valence-corrected chi connectivity index (χ3v) is 5.16. The predicted octanol–water partition coefficient (Wildman–Crippen LogP) is 2.08. The van der Waals surface area contributed by atoms with E-state index in [2.05, 4.69) is 9.46 Å². The summed E-state index contributed by atoms with van der Waals surface area (Å²) >= 11 is 0. The lowest BCUT2D eigenvalue weighted by Gasteiger charge is -2.13. The lowest BCUT2D eigenvalue weighted by atomic mass is 10.1. The fraction of sp³-hybridized carbons (Fsp3) is 0.312. The van der Waals surface area contributed by atoms with Crippen molar-refractivity contribution in [3.8, 4) is 0 Å². The van der Waals surface area contributed by atoms with Gasteiger partial charge in [0, 0.05) is 12.6 Å². The summed E-state index contributed by atoms with van der Waals surface area (Å²) < 4.78 is 37.6. The molecule has 0 aliphatic rings. The Morgan fingerprint density at radius 3 is 2.40 bits per heavy atom. The highest BCUT2D eigenvalue weighted by atomic mass is 35.5. The molecule has 1 aromatic heterocycles. The minimum Gasteiger partial charge on any atom is -0.465 e. The molecule has 0 fully saturated rings. The molecule has 25 heavy (non-hydrogen) atoms. The third-order valence-electron chi connectivity index (χ3n) is 3.58. The highest BCUT2D eigenvalue weighted by molar-refractivity contribution is 7.89. The van der Waals surface area contributed by atoms with Gasteiger partial charge in [-0.3, -0.25) is 0 Å². The third kappa shape index (κ3) is 4.60. The molecule has 0 saturated carbocycles. The first-order valence-electron chi connectivity index (χ1n) is 7.26.